The van der Waals surface area contributed by atoms with Crippen LogP contribution in [0.5, 0.6) is 5.75 Å². The molecule has 1 amide bonds. The molecule has 7 heteroatoms. The topological polar surface area (TPSA) is 38.3 Å². The van der Waals surface area contributed by atoms with E-state index in [0.29, 0.717) is 10.4 Å². The molecule has 0 heterocycles. The summed E-state index contributed by atoms with van der Waals surface area (Å²) in [4.78, 5) is 12.2. The van der Waals surface area contributed by atoms with Crippen LogP contribution in [-0.4, -0.2) is 17.8 Å². The van der Waals surface area contributed by atoms with Crippen LogP contribution in [0.15, 0.2) is 22.7 Å². The predicted octanol–water partition coefficient (Wildman–Crippen LogP) is 3.63. The van der Waals surface area contributed by atoms with E-state index in [4.69, 9.17) is 0 Å². The Morgan fingerprint density at radius 3 is 2.50 bits per heavy atom. The number of carbonyl (C=O) groups is 1. The average molecular weight is 350 g/mol. The molecule has 3 nitrogen and oxygen atoms in total. The van der Waals surface area contributed by atoms with Crippen LogP contribution in [0.2, 0.25) is 0 Å². The number of ether oxygens (including phenoxy) is 1. The van der Waals surface area contributed by atoms with Gasteiger partial charge in [0, 0.05) is 10.0 Å². The summed E-state index contributed by atoms with van der Waals surface area (Å²) in [5.74, 6) is -0.336. The molecule has 4 rings (SSSR count). The lowest BCUT2D eigenvalue weighted by molar-refractivity contribution is -0.274. The van der Waals surface area contributed by atoms with Crippen molar-refractivity contribution in [3.05, 3.63) is 28.2 Å². The van der Waals surface area contributed by atoms with Crippen molar-refractivity contribution in [3.63, 3.8) is 0 Å². The van der Waals surface area contributed by atoms with Crippen molar-refractivity contribution < 1.29 is 22.7 Å². The van der Waals surface area contributed by atoms with Crippen molar-refractivity contribution in [2.75, 3.05) is 0 Å². The maximum Gasteiger partial charge on any atom is 0.573 e. The van der Waals surface area contributed by atoms with E-state index < -0.39 is 18.0 Å². The first-order valence-electron chi connectivity index (χ1n) is 6.14. The first kappa shape index (κ1) is 13.7. The molecule has 3 aliphatic rings. The lowest BCUT2D eigenvalue weighted by Crippen LogP contribution is -2.68. The number of hydrogen-bond acceptors (Lipinski definition) is 2. The van der Waals surface area contributed by atoms with E-state index in [1.54, 1.807) is 0 Å². The van der Waals surface area contributed by atoms with Gasteiger partial charge in [0.15, 0.2) is 0 Å². The molecule has 0 atom stereocenters. The molecular weight excluding hydrogens is 339 g/mol. The molecule has 2 bridgehead atoms. The van der Waals surface area contributed by atoms with Crippen LogP contribution in [0.1, 0.15) is 29.6 Å². The van der Waals surface area contributed by atoms with Gasteiger partial charge in [0.25, 0.3) is 5.91 Å². The number of rotatable bonds is 3. The molecule has 108 valence electrons. The summed E-state index contributed by atoms with van der Waals surface area (Å²) in [5.41, 5.74) is -0.305. The van der Waals surface area contributed by atoms with Crippen LogP contribution in [0.25, 0.3) is 0 Å². The third-order valence-electron chi connectivity index (χ3n) is 3.83. The number of nitrogens with one attached hydrogen (secondary N) is 1. The van der Waals surface area contributed by atoms with Crippen LogP contribution in [-0.2, 0) is 0 Å². The summed E-state index contributed by atoms with van der Waals surface area (Å²) >= 11 is 3.15. The Labute approximate surface area is 121 Å². The van der Waals surface area contributed by atoms with Gasteiger partial charge >= 0.3 is 6.36 Å². The molecule has 1 N–H and O–H groups in total. The third-order valence-corrected chi connectivity index (χ3v) is 4.32. The van der Waals surface area contributed by atoms with Gasteiger partial charge in [0.05, 0.1) is 5.56 Å². The van der Waals surface area contributed by atoms with E-state index in [-0.39, 0.29) is 11.1 Å². The zero-order valence-corrected chi connectivity index (χ0v) is 11.8. The number of amides is 1. The van der Waals surface area contributed by atoms with Gasteiger partial charge in [-0.2, -0.15) is 0 Å². The molecule has 0 radical (unpaired) electrons. The smallest absolute Gasteiger partial charge is 0.405 e. The summed E-state index contributed by atoms with van der Waals surface area (Å²) in [6.45, 7) is 0. The highest BCUT2D eigenvalue weighted by atomic mass is 79.9. The summed E-state index contributed by atoms with van der Waals surface area (Å²) in [5, 5.41) is 2.82. The molecular formula is C13H11BrF3NO2. The molecule has 3 saturated carbocycles. The second kappa shape index (κ2) is 4.38. The van der Waals surface area contributed by atoms with Crippen LogP contribution in [0, 0.1) is 5.92 Å². The van der Waals surface area contributed by atoms with E-state index in [0.717, 1.165) is 25.3 Å². The van der Waals surface area contributed by atoms with Gasteiger partial charge in [0.1, 0.15) is 5.75 Å². The molecule has 20 heavy (non-hydrogen) atoms. The number of alkyl halides is 3. The first-order valence-corrected chi connectivity index (χ1v) is 6.93. The van der Waals surface area contributed by atoms with E-state index in [1.807, 2.05) is 0 Å². The average Bonchev–Trinajstić information content (AvgIpc) is 2.22. The number of halogens is 4. The normalized spacial score (nSPS) is 27.3. The second-order valence-electron chi connectivity index (χ2n) is 5.40. The fourth-order valence-electron chi connectivity index (χ4n) is 2.83. The van der Waals surface area contributed by atoms with Gasteiger partial charge in [0.2, 0.25) is 0 Å². The number of hydrogen-bond donors (Lipinski definition) is 1. The minimum absolute atomic E-state index is 0.110. The molecule has 3 aliphatic carbocycles. The van der Waals surface area contributed by atoms with E-state index in [1.165, 1.54) is 12.1 Å². The number of carbonyl (C=O) groups excluding carboxylic acids is 1. The summed E-state index contributed by atoms with van der Waals surface area (Å²) in [7, 11) is 0. The zero-order chi connectivity index (χ0) is 14.5. The monoisotopic (exact) mass is 349 g/mol. The molecule has 0 aliphatic heterocycles. The fourth-order valence-corrected chi connectivity index (χ4v) is 3.19. The van der Waals surface area contributed by atoms with Gasteiger partial charge in [-0.1, -0.05) is 15.9 Å². The lowest BCUT2D eigenvalue weighted by atomic mass is 9.50. The van der Waals surface area contributed by atoms with Crippen LogP contribution >= 0.6 is 15.9 Å². The molecule has 1 aromatic rings. The van der Waals surface area contributed by atoms with E-state index in [9.17, 15) is 18.0 Å². The van der Waals surface area contributed by atoms with Gasteiger partial charge in [-0.05, 0) is 43.4 Å². The summed E-state index contributed by atoms with van der Waals surface area (Å²) in [6, 6.07) is 3.87. The van der Waals surface area contributed by atoms with Gasteiger partial charge in [-0.25, -0.2) is 0 Å². The Morgan fingerprint density at radius 1 is 1.35 bits per heavy atom. The molecule has 0 spiro atoms. The van der Waals surface area contributed by atoms with E-state index in [2.05, 4.69) is 26.0 Å². The highest BCUT2D eigenvalue weighted by molar-refractivity contribution is 9.10. The first-order chi connectivity index (χ1) is 9.26. The fraction of sp³-hybridized carbons (Fsp3) is 0.462. The van der Waals surface area contributed by atoms with Crippen LogP contribution in [0.4, 0.5) is 13.2 Å². The minimum Gasteiger partial charge on any atom is -0.405 e. The van der Waals surface area contributed by atoms with Crippen molar-refractivity contribution in [3.8, 4) is 5.75 Å². The SMILES string of the molecule is O=C(NC12CC(C1)C2)c1cc(Br)ccc1OC(F)(F)F. The predicted molar refractivity (Wildman–Crippen MR) is 68.4 cm³/mol. The quantitative estimate of drug-likeness (QED) is 0.904. The highest BCUT2D eigenvalue weighted by Gasteiger charge is 2.57. The third kappa shape index (κ3) is 2.51. The van der Waals surface area contributed by atoms with E-state index >= 15 is 0 Å². The van der Waals surface area contributed by atoms with Crippen molar-refractivity contribution in [1.82, 2.24) is 5.32 Å². The molecule has 0 saturated heterocycles. The Kier molecular flexibility index (Phi) is 3.00. The lowest BCUT2D eigenvalue weighted by Gasteiger charge is -2.61. The Morgan fingerprint density at radius 2 is 2.00 bits per heavy atom. The number of benzene rings is 1. The van der Waals surface area contributed by atoms with Crippen molar-refractivity contribution in [1.29, 1.82) is 0 Å². The Hall–Kier alpha value is -1.24. The van der Waals surface area contributed by atoms with Crippen molar-refractivity contribution in [2.45, 2.75) is 31.2 Å². The maximum absolute atomic E-state index is 12.3. The maximum atomic E-state index is 12.3. The molecule has 1 aromatic carbocycles. The van der Waals surface area contributed by atoms with Crippen LogP contribution in [0.3, 0.4) is 0 Å². The van der Waals surface area contributed by atoms with Gasteiger partial charge in [-0.3, -0.25) is 4.79 Å². The Balaban J connectivity index is 1.82. The molecule has 3 fully saturated rings. The van der Waals surface area contributed by atoms with Crippen LogP contribution < -0.4 is 10.1 Å². The zero-order valence-electron chi connectivity index (χ0n) is 10.3. The minimum atomic E-state index is -4.82. The second-order valence-corrected chi connectivity index (χ2v) is 6.32. The largest absolute Gasteiger partial charge is 0.573 e. The van der Waals surface area contributed by atoms with Crippen molar-refractivity contribution >= 4 is 21.8 Å². The standard InChI is InChI=1S/C13H11BrF3NO2/c14-8-1-2-10(20-13(15,16)17)9(3-8)11(19)18-12-4-7(5-12)6-12/h1-3,7H,4-6H2,(H,18,19). The summed E-state index contributed by atoms with van der Waals surface area (Å²) < 4.78 is 41.5. The van der Waals surface area contributed by atoms with Crippen molar-refractivity contribution in [2.24, 2.45) is 5.92 Å². The van der Waals surface area contributed by atoms with Gasteiger partial charge in [-0.15, -0.1) is 13.2 Å². The van der Waals surface area contributed by atoms with Gasteiger partial charge < -0.3 is 10.1 Å². The highest BCUT2D eigenvalue weighted by Crippen LogP contribution is 2.57. The summed E-state index contributed by atoms with van der Waals surface area (Å²) in [6.07, 6.45) is -2.06. The Bertz CT molecular complexity index is 556. The molecule has 0 unspecified atom stereocenters. The molecule has 0 aromatic heterocycles.